The Morgan fingerprint density at radius 2 is 1.95 bits per heavy atom. The molecule has 2 aromatic rings. The van der Waals surface area contributed by atoms with Gasteiger partial charge in [-0.3, -0.25) is 0 Å². The van der Waals surface area contributed by atoms with E-state index in [1.54, 1.807) is 7.11 Å². The van der Waals surface area contributed by atoms with Gasteiger partial charge in [-0.25, -0.2) is 0 Å². The predicted molar refractivity (Wildman–Crippen MR) is 78.3 cm³/mol. The quantitative estimate of drug-likeness (QED) is 0.864. The highest BCUT2D eigenvalue weighted by molar-refractivity contribution is 5.27. The van der Waals surface area contributed by atoms with E-state index in [1.165, 1.54) is 11.1 Å². The number of rotatable bonds is 6. The lowest BCUT2D eigenvalue weighted by Crippen LogP contribution is -2.07. The monoisotopic (exact) mass is 258 g/mol. The molecule has 0 fully saturated rings. The van der Waals surface area contributed by atoms with Crippen LogP contribution in [0.5, 0.6) is 5.75 Å². The summed E-state index contributed by atoms with van der Waals surface area (Å²) >= 11 is 0. The summed E-state index contributed by atoms with van der Waals surface area (Å²) in [5, 5.41) is 0. The van der Waals surface area contributed by atoms with Crippen LogP contribution in [0.3, 0.4) is 0 Å². The van der Waals surface area contributed by atoms with E-state index in [1.807, 2.05) is 12.1 Å². The minimum absolute atomic E-state index is 0.155. The molecule has 1 unspecified atom stereocenters. The molecule has 19 heavy (non-hydrogen) atoms. The van der Waals surface area contributed by atoms with Gasteiger partial charge in [0.25, 0.3) is 0 Å². The largest absolute Gasteiger partial charge is 0.497 e. The number of nitrogens with two attached hydrogens (primary N) is 1. The average Bonchev–Trinajstić information content (AvgIpc) is 2.93. The molecule has 1 aromatic heterocycles. The van der Waals surface area contributed by atoms with Gasteiger partial charge in [-0.1, -0.05) is 19.1 Å². The minimum Gasteiger partial charge on any atom is -0.497 e. The molecular formula is C16H22N2O. The molecule has 0 radical (unpaired) electrons. The standard InChI is InChI=1S/C16H22N2O/c1-3-16(17)14-9-11-18(12-14)10-8-13-4-6-15(19-2)7-5-13/h4-7,9,11-12,16H,3,8,10,17H2,1-2H3. The number of ether oxygens (including phenoxy) is 1. The lowest BCUT2D eigenvalue weighted by molar-refractivity contribution is 0.414. The summed E-state index contributed by atoms with van der Waals surface area (Å²) in [4.78, 5) is 0. The van der Waals surface area contributed by atoms with Crippen LogP contribution in [0.1, 0.15) is 30.5 Å². The Labute approximate surface area is 115 Å². The number of aryl methyl sites for hydroxylation is 2. The number of aromatic nitrogens is 1. The third-order valence-corrected chi connectivity index (χ3v) is 3.46. The summed E-state index contributed by atoms with van der Waals surface area (Å²) in [5.74, 6) is 0.904. The van der Waals surface area contributed by atoms with Gasteiger partial charge in [0.15, 0.2) is 0 Å². The van der Waals surface area contributed by atoms with E-state index in [4.69, 9.17) is 10.5 Å². The lowest BCUT2D eigenvalue weighted by atomic mass is 10.1. The van der Waals surface area contributed by atoms with Crippen molar-refractivity contribution in [3.05, 3.63) is 53.9 Å². The fourth-order valence-corrected chi connectivity index (χ4v) is 2.10. The van der Waals surface area contributed by atoms with Crippen LogP contribution in [-0.4, -0.2) is 11.7 Å². The van der Waals surface area contributed by atoms with Crippen molar-refractivity contribution in [1.82, 2.24) is 4.57 Å². The Bertz CT molecular complexity index is 502. The summed E-state index contributed by atoms with van der Waals surface area (Å²) in [6.45, 7) is 3.09. The molecule has 3 heteroatoms. The molecule has 1 aromatic carbocycles. The van der Waals surface area contributed by atoms with Gasteiger partial charge in [0.2, 0.25) is 0 Å². The Morgan fingerprint density at radius 3 is 2.58 bits per heavy atom. The van der Waals surface area contributed by atoms with Gasteiger partial charge in [-0.05, 0) is 42.2 Å². The maximum absolute atomic E-state index is 6.02. The molecular weight excluding hydrogens is 236 g/mol. The van der Waals surface area contributed by atoms with Crippen LogP contribution in [0.15, 0.2) is 42.7 Å². The van der Waals surface area contributed by atoms with E-state index in [2.05, 4.69) is 42.1 Å². The molecule has 102 valence electrons. The number of nitrogens with zero attached hydrogens (tertiary/aromatic N) is 1. The summed E-state index contributed by atoms with van der Waals surface area (Å²) in [5.41, 5.74) is 8.55. The first kappa shape index (κ1) is 13.7. The van der Waals surface area contributed by atoms with E-state index in [0.717, 1.165) is 25.1 Å². The van der Waals surface area contributed by atoms with Gasteiger partial charge < -0.3 is 15.0 Å². The van der Waals surface area contributed by atoms with Crippen molar-refractivity contribution in [3.8, 4) is 5.75 Å². The van der Waals surface area contributed by atoms with Crippen LogP contribution >= 0.6 is 0 Å². The zero-order chi connectivity index (χ0) is 13.7. The Hall–Kier alpha value is -1.74. The number of hydrogen-bond acceptors (Lipinski definition) is 2. The number of hydrogen-bond donors (Lipinski definition) is 1. The summed E-state index contributed by atoms with van der Waals surface area (Å²) in [7, 11) is 1.69. The van der Waals surface area contributed by atoms with Crippen molar-refractivity contribution in [2.24, 2.45) is 5.73 Å². The van der Waals surface area contributed by atoms with Gasteiger partial charge in [0.05, 0.1) is 7.11 Å². The first-order valence-corrected chi connectivity index (χ1v) is 6.77. The van der Waals surface area contributed by atoms with Crippen LogP contribution in [0, 0.1) is 0 Å². The number of benzene rings is 1. The van der Waals surface area contributed by atoms with Crippen molar-refractivity contribution in [2.45, 2.75) is 32.4 Å². The third-order valence-electron chi connectivity index (χ3n) is 3.46. The van der Waals surface area contributed by atoms with Gasteiger partial charge in [-0.15, -0.1) is 0 Å². The summed E-state index contributed by atoms with van der Waals surface area (Å²) < 4.78 is 7.36. The Kier molecular flexibility index (Phi) is 4.63. The number of methoxy groups -OCH3 is 1. The predicted octanol–water partition coefficient (Wildman–Crippen LogP) is 3.15. The van der Waals surface area contributed by atoms with Gasteiger partial charge in [0, 0.05) is 25.0 Å². The Morgan fingerprint density at radius 1 is 1.21 bits per heavy atom. The fraction of sp³-hybridized carbons (Fsp3) is 0.375. The molecule has 2 rings (SSSR count). The van der Waals surface area contributed by atoms with Crippen molar-refractivity contribution in [2.75, 3.05) is 7.11 Å². The first-order chi connectivity index (χ1) is 9.22. The zero-order valence-corrected chi connectivity index (χ0v) is 11.7. The smallest absolute Gasteiger partial charge is 0.118 e. The molecule has 2 N–H and O–H groups in total. The molecule has 0 aliphatic carbocycles. The second-order valence-electron chi connectivity index (χ2n) is 4.80. The van der Waals surface area contributed by atoms with Gasteiger partial charge in [0.1, 0.15) is 5.75 Å². The van der Waals surface area contributed by atoms with Crippen LogP contribution in [0.2, 0.25) is 0 Å². The van der Waals surface area contributed by atoms with E-state index in [0.29, 0.717) is 0 Å². The second-order valence-corrected chi connectivity index (χ2v) is 4.80. The molecule has 0 spiro atoms. The van der Waals surface area contributed by atoms with Crippen molar-refractivity contribution >= 4 is 0 Å². The topological polar surface area (TPSA) is 40.2 Å². The van der Waals surface area contributed by atoms with E-state index >= 15 is 0 Å². The SMILES string of the molecule is CCC(N)c1ccn(CCc2ccc(OC)cc2)c1. The van der Waals surface area contributed by atoms with Gasteiger partial charge >= 0.3 is 0 Å². The minimum atomic E-state index is 0.155. The molecule has 0 aliphatic heterocycles. The lowest BCUT2D eigenvalue weighted by Gasteiger charge is -2.06. The maximum atomic E-state index is 6.02. The molecule has 0 saturated heterocycles. The van der Waals surface area contributed by atoms with E-state index in [9.17, 15) is 0 Å². The fourth-order valence-electron chi connectivity index (χ4n) is 2.10. The molecule has 0 amide bonds. The van der Waals surface area contributed by atoms with Crippen LogP contribution in [0.25, 0.3) is 0 Å². The molecule has 0 bridgehead atoms. The van der Waals surface area contributed by atoms with Crippen LogP contribution in [-0.2, 0) is 13.0 Å². The molecule has 0 aliphatic rings. The van der Waals surface area contributed by atoms with Gasteiger partial charge in [-0.2, -0.15) is 0 Å². The normalized spacial score (nSPS) is 12.4. The van der Waals surface area contributed by atoms with Crippen LogP contribution in [0.4, 0.5) is 0 Å². The highest BCUT2D eigenvalue weighted by Gasteiger charge is 2.04. The molecule has 1 atom stereocenters. The van der Waals surface area contributed by atoms with Crippen LogP contribution < -0.4 is 10.5 Å². The van der Waals surface area contributed by atoms with Crippen molar-refractivity contribution in [3.63, 3.8) is 0 Å². The second kappa shape index (κ2) is 6.43. The zero-order valence-electron chi connectivity index (χ0n) is 11.7. The molecule has 0 saturated carbocycles. The molecule has 1 heterocycles. The maximum Gasteiger partial charge on any atom is 0.118 e. The Balaban J connectivity index is 1.92. The summed E-state index contributed by atoms with van der Waals surface area (Å²) in [6, 6.07) is 10.5. The van der Waals surface area contributed by atoms with E-state index < -0.39 is 0 Å². The van der Waals surface area contributed by atoms with Crippen molar-refractivity contribution < 1.29 is 4.74 Å². The highest BCUT2D eigenvalue weighted by atomic mass is 16.5. The average molecular weight is 258 g/mol. The molecule has 3 nitrogen and oxygen atoms in total. The third kappa shape index (κ3) is 3.61. The summed E-state index contributed by atoms with van der Waals surface area (Å²) in [6.07, 6.45) is 6.24. The first-order valence-electron chi connectivity index (χ1n) is 6.77. The van der Waals surface area contributed by atoms with Crippen molar-refractivity contribution in [1.29, 1.82) is 0 Å². The highest BCUT2D eigenvalue weighted by Crippen LogP contribution is 2.15. The van der Waals surface area contributed by atoms with E-state index in [-0.39, 0.29) is 6.04 Å².